The van der Waals surface area contributed by atoms with Crippen LogP contribution in [0.25, 0.3) is 0 Å². The number of halogens is 1. The van der Waals surface area contributed by atoms with Gasteiger partial charge in [0.1, 0.15) is 11.6 Å². The number of nitrogens with zero attached hydrogens (tertiary/aromatic N) is 2. The second-order valence-electron chi connectivity index (χ2n) is 3.54. The van der Waals surface area contributed by atoms with Crippen molar-refractivity contribution in [1.82, 2.24) is 20.3 Å². The largest absolute Gasteiger partial charge is 0.348 e. The molecule has 2 aromatic rings. The van der Waals surface area contributed by atoms with Crippen LogP contribution in [0.15, 0.2) is 30.7 Å². The van der Waals surface area contributed by atoms with Gasteiger partial charge in [-0.1, -0.05) is 0 Å². The van der Waals surface area contributed by atoms with Crippen LogP contribution >= 0.6 is 0 Å². The van der Waals surface area contributed by atoms with Crippen molar-refractivity contribution in [1.29, 1.82) is 0 Å². The molecule has 0 aliphatic rings. The molecule has 0 bridgehead atoms. The minimum atomic E-state index is -0.318. The Labute approximate surface area is 92.9 Å². The molecule has 0 aromatic carbocycles. The Morgan fingerprint density at radius 3 is 2.94 bits per heavy atom. The molecule has 2 aromatic heterocycles. The van der Waals surface area contributed by atoms with Crippen molar-refractivity contribution in [3.8, 4) is 0 Å². The fourth-order valence-corrected chi connectivity index (χ4v) is 1.39. The highest BCUT2D eigenvalue weighted by atomic mass is 19.1. The summed E-state index contributed by atoms with van der Waals surface area (Å²) in [5.74, 6) is 0.552. The summed E-state index contributed by atoms with van der Waals surface area (Å²) < 4.78 is 12.7. The maximum Gasteiger partial charge on any atom is 0.141 e. The van der Waals surface area contributed by atoms with E-state index in [1.54, 1.807) is 18.5 Å². The lowest BCUT2D eigenvalue weighted by Gasteiger charge is -2.11. The Morgan fingerprint density at radius 2 is 2.31 bits per heavy atom. The molecule has 4 nitrogen and oxygen atoms in total. The van der Waals surface area contributed by atoms with Gasteiger partial charge >= 0.3 is 0 Å². The quantitative estimate of drug-likeness (QED) is 0.826. The third kappa shape index (κ3) is 2.64. The van der Waals surface area contributed by atoms with Gasteiger partial charge in [-0.15, -0.1) is 0 Å². The molecule has 2 heterocycles. The zero-order chi connectivity index (χ0) is 11.4. The molecule has 2 N–H and O–H groups in total. The fraction of sp³-hybridized carbons (Fsp3) is 0.273. The molecule has 0 saturated heterocycles. The van der Waals surface area contributed by atoms with E-state index in [0.717, 1.165) is 11.5 Å². The minimum Gasteiger partial charge on any atom is -0.348 e. The highest BCUT2D eigenvalue weighted by Crippen LogP contribution is 2.09. The first-order valence-electron chi connectivity index (χ1n) is 5.09. The zero-order valence-corrected chi connectivity index (χ0v) is 8.94. The SMILES string of the molecule is CC(NCc1ncc[nH]1)c1ccc(F)cn1. The molecule has 2 rings (SSSR count). The maximum absolute atomic E-state index is 12.7. The maximum atomic E-state index is 12.7. The van der Waals surface area contributed by atoms with E-state index in [1.807, 2.05) is 6.92 Å². The van der Waals surface area contributed by atoms with Gasteiger partial charge in [0.15, 0.2) is 0 Å². The van der Waals surface area contributed by atoms with E-state index in [1.165, 1.54) is 12.3 Å². The summed E-state index contributed by atoms with van der Waals surface area (Å²) in [5, 5.41) is 3.24. The van der Waals surface area contributed by atoms with Crippen LogP contribution < -0.4 is 5.32 Å². The summed E-state index contributed by atoms with van der Waals surface area (Å²) in [6.45, 7) is 2.61. The molecule has 1 atom stereocenters. The summed E-state index contributed by atoms with van der Waals surface area (Å²) in [7, 11) is 0. The molecule has 16 heavy (non-hydrogen) atoms. The highest BCUT2D eigenvalue weighted by molar-refractivity contribution is 5.09. The van der Waals surface area contributed by atoms with Crippen LogP contribution in [0.1, 0.15) is 24.5 Å². The zero-order valence-electron chi connectivity index (χ0n) is 8.94. The highest BCUT2D eigenvalue weighted by Gasteiger charge is 2.06. The third-order valence-electron chi connectivity index (χ3n) is 2.32. The number of hydrogen-bond donors (Lipinski definition) is 2. The monoisotopic (exact) mass is 220 g/mol. The Hall–Kier alpha value is -1.75. The first-order chi connectivity index (χ1) is 7.75. The summed E-state index contributed by atoms with van der Waals surface area (Å²) in [5.41, 5.74) is 0.813. The summed E-state index contributed by atoms with van der Waals surface area (Å²) in [6, 6.07) is 3.15. The standard InChI is InChI=1S/C11H13FN4/c1-8(10-3-2-9(12)6-16-10)15-7-11-13-4-5-14-11/h2-6,8,15H,7H2,1H3,(H,13,14). The predicted molar refractivity (Wildman–Crippen MR) is 58.0 cm³/mol. The number of nitrogens with one attached hydrogen (secondary N) is 2. The topological polar surface area (TPSA) is 53.6 Å². The van der Waals surface area contributed by atoms with Gasteiger partial charge in [0, 0.05) is 18.4 Å². The number of hydrogen-bond acceptors (Lipinski definition) is 3. The second-order valence-corrected chi connectivity index (χ2v) is 3.54. The lowest BCUT2D eigenvalue weighted by Crippen LogP contribution is -2.19. The van der Waals surface area contributed by atoms with E-state index in [-0.39, 0.29) is 11.9 Å². The Balaban J connectivity index is 1.93. The van der Waals surface area contributed by atoms with E-state index in [4.69, 9.17) is 0 Å². The summed E-state index contributed by atoms with van der Waals surface area (Å²) >= 11 is 0. The van der Waals surface area contributed by atoms with Crippen molar-refractivity contribution in [3.63, 3.8) is 0 Å². The Morgan fingerprint density at radius 1 is 1.44 bits per heavy atom. The molecule has 5 heteroatoms. The average Bonchev–Trinajstić information content (AvgIpc) is 2.80. The van der Waals surface area contributed by atoms with E-state index < -0.39 is 0 Å². The fourth-order valence-electron chi connectivity index (χ4n) is 1.39. The molecule has 0 spiro atoms. The molecule has 0 fully saturated rings. The smallest absolute Gasteiger partial charge is 0.141 e. The number of aromatic amines is 1. The number of H-pyrrole nitrogens is 1. The van der Waals surface area contributed by atoms with Gasteiger partial charge in [0.05, 0.1) is 18.4 Å². The second kappa shape index (κ2) is 4.85. The molecular weight excluding hydrogens is 207 g/mol. The lowest BCUT2D eigenvalue weighted by atomic mass is 10.2. The van der Waals surface area contributed by atoms with E-state index in [9.17, 15) is 4.39 Å². The molecule has 0 radical (unpaired) electrons. The first kappa shape index (κ1) is 10.8. The van der Waals surface area contributed by atoms with Crippen LogP contribution in [0.3, 0.4) is 0 Å². The van der Waals surface area contributed by atoms with Gasteiger partial charge in [-0.2, -0.15) is 0 Å². The average molecular weight is 220 g/mol. The van der Waals surface area contributed by atoms with Crippen LogP contribution in [0.4, 0.5) is 4.39 Å². The van der Waals surface area contributed by atoms with Crippen molar-refractivity contribution in [3.05, 3.63) is 48.1 Å². The Kier molecular flexibility index (Phi) is 3.26. The van der Waals surface area contributed by atoms with E-state index >= 15 is 0 Å². The van der Waals surface area contributed by atoms with Crippen LogP contribution in [0.5, 0.6) is 0 Å². The van der Waals surface area contributed by atoms with Gasteiger partial charge in [0.25, 0.3) is 0 Å². The van der Waals surface area contributed by atoms with Crippen molar-refractivity contribution >= 4 is 0 Å². The third-order valence-corrected chi connectivity index (χ3v) is 2.32. The summed E-state index contributed by atoms with van der Waals surface area (Å²) in [6.07, 6.45) is 4.70. The van der Waals surface area contributed by atoms with E-state index in [0.29, 0.717) is 6.54 Å². The molecule has 84 valence electrons. The molecular formula is C11H13FN4. The molecule has 0 amide bonds. The van der Waals surface area contributed by atoms with Crippen LogP contribution in [-0.4, -0.2) is 15.0 Å². The van der Waals surface area contributed by atoms with E-state index in [2.05, 4.69) is 20.3 Å². The van der Waals surface area contributed by atoms with Gasteiger partial charge in [-0.25, -0.2) is 9.37 Å². The molecule has 0 saturated carbocycles. The predicted octanol–water partition coefficient (Wildman–Crippen LogP) is 1.79. The number of pyridine rings is 1. The summed E-state index contributed by atoms with van der Waals surface area (Å²) in [4.78, 5) is 11.1. The number of aromatic nitrogens is 3. The van der Waals surface area contributed by atoms with Crippen molar-refractivity contribution in [2.45, 2.75) is 19.5 Å². The first-order valence-corrected chi connectivity index (χ1v) is 5.09. The van der Waals surface area contributed by atoms with Crippen molar-refractivity contribution in [2.75, 3.05) is 0 Å². The van der Waals surface area contributed by atoms with Crippen LogP contribution in [0.2, 0.25) is 0 Å². The Bertz CT molecular complexity index is 424. The van der Waals surface area contributed by atoms with Crippen LogP contribution in [-0.2, 0) is 6.54 Å². The number of rotatable bonds is 4. The van der Waals surface area contributed by atoms with Gasteiger partial charge in [-0.05, 0) is 19.1 Å². The molecule has 1 unspecified atom stereocenters. The van der Waals surface area contributed by atoms with Gasteiger partial charge in [-0.3, -0.25) is 4.98 Å². The van der Waals surface area contributed by atoms with Gasteiger partial charge < -0.3 is 10.3 Å². The number of imidazole rings is 1. The van der Waals surface area contributed by atoms with Crippen molar-refractivity contribution in [2.24, 2.45) is 0 Å². The van der Waals surface area contributed by atoms with Gasteiger partial charge in [0.2, 0.25) is 0 Å². The normalized spacial score (nSPS) is 12.6. The lowest BCUT2D eigenvalue weighted by molar-refractivity contribution is 0.544. The van der Waals surface area contributed by atoms with Crippen LogP contribution in [0, 0.1) is 5.82 Å². The van der Waals surface area contributed by atoms with Crippen molar-refractivity contribution < 1.29 is 4.39 Å². The molecule has 0 aliphatic heterocycles. The molecule has 0 aliphatic carbocycles. The minimum absolute atomic E-state index is 0.0608.